The van der Waals surface area contributed by atoms with Gasteiger partial charge in [0.15, 0.2) is 0 Å². The SMILES string of the molecule is Cc1cc(NC(=O)c2cc(Br)ccc2I)sc1C(=O)O. The van der Waals surface area contributed by atoms with Gasteiger partial charge in [-0.15, -0.1) is 11.3 Å². The maximum Gasteiger partial charge on any atom is 0.346 e. The molecule has 20 heavy (non-hydrogen) atoms. The van der Waals surface area contributed by atoms with Crippen LogP contribution < -0.4 is 5.32 Å². The van der Waals surface area contributed by atoms with E-state index in [9.17, 15) is 9.59 Å². The number of aromatic carboxylic acids is 1. The highest BCUT2D eigenvalue weighted by Crippen LogP contribution is 2.27. The van der Waals surface area contributed by atoms with Crippen LogP contribution in [0.15, 0.2) is 28.7 Å². The molecular weight excluding hydrogens is 457 g/mol. The van der Waals surface area contributed by atoms with Gasteiger partial charge < -0.3 is 10.4 Å². The Morgan fingerprint density at radius 1 is 1.35 bits per heavy atom. The number of carboxylic acids is 1. The van der Waals surface area contributed by atoms with Gasteiger partial charge >= 0.3 is 5.97 Å². The summed E-state index contributed by atoms with van der Waals surface area (Å²) in [6.07, 6.45) is 0. The number of amides is 1. The molecule has 1 amide bonds. The minimum atomic E-state index is -0.981. The van der Waals surface area contributed by atoms with Crippen LogP contribution in [-0.2, 0) is 0 Å². The van der Waals surface area contributed by atoms with Crippen LogP contribution >= 0.6 is 49.9 Å². The number of halogens is 2. The van der Waals surface area contributed by atoms with Crippen LogP contribution in [-0.4, -0.2) is 17.0 Å². The first-order valence-corrected chi connectivity index (χ1v) is 8.17. The average Bonchev–Trinajstić information content (AvgIpc) is 2.73. The van der Waals surface area contributed by atoms with E-state index in [0.29, 0.717) is 16.1 Å². The van der Waals surface area contributed by atoms with Gasteiger partial charge in [0.2, 0.25) is 0 Å². The predicted octanol–water partition coefficient (Wildman–Crippen LogP) is 4.37. The molecule has 0 aliphatic rings. The van der Waals surface area contributed by atoms with Gasteiger partial charge in [-0.1, -0.05) is 15.9 Å². The number of carbonyl (C=O) groups is 2. The molecule has 0 saturated carbocycles. The highest BCUT2D eigenvalue weighted by atomic mass is 127. The van der Waals surface area contributed by atoms with E-state index < -0.39 is 5.97 Å². The number of hydrogen-bond acceptors (Lipinski definition) is 3. The smallest absolute Gasteiger partial charge is 0.346 e. The number of anilines is 1. The molecule has 7 heteroatoms. The number of benzene rings is 1. The summed E-state index contributed by atoms with van der Waals surface area (Å²) in [6.45, 7) is 1.71. The summed E-state index contributed by atoms with van der Waals surface area (Å²) in [5, 5.41) is 12.3. The maximum atomic E-state index is 12.2. The molecule has 2 aromatic rings. The van der Waals surface area contributed by atoms with E-state index in [0.717, 1.165) is 19.4 Å². The topological polar surface area (TPSA) is 66.4 Å². The van der Waals surface area contributed by atoms with Crippen LogP contribution in [0.25, 0.3) is 0 Å². The van der Waals surface area contributed by atoms with Crippen molar-refractivity contribution in [1.82, 2.24) is 0 Å². The molecule has 2 rings (SSSR count). The van der Waals surface area contributed by atoms with Crippen LogP contribution in [0.3, 0.4) is 0 Å². The van der Waals surface area contributed by atoms with E-state index in [2.05, 4.69) is 43.8 Å². The van der Waals surface area contributed by atoms with Crippen LogP contribution in [0.1, 0.15) is 25.6 Å². The maximum absolute atomic E-state index is 12.2. The first-order chi connectivity index (χ1) is 9.38. The number of rotatable bonds is 3. The van der Waals surface area contributed by atoms with E-state index in [4.69, 9.17) is 5.11 Å². The second kappa shape index (κ2) is 6.23. The van der Waals surface area contributed by atoms with E-state index in [1.54, 1.807) is 19.1 Å². The molecule has 0 fully saturated rings. The summed E-state index contributed by atoms with van der Waals surface area (Å²) < 4.78 is 1.65. The van der Waals surface area contributed by atoms with E-state index >= 15 is 0 Å². The molecule has 0 saturated heterocycles. The molecule has 1 heterocycles. The Balaban J connectivity index is 2.26. The highest BCUT2D eigenvalue weighted by Gasteiger charge is 2.16. The lowest BCUT2D eigenvalue weighted by atomic mass is 10.2. The van der Waals surface area contributed by atoms with E-state index in [-0.39, 0.29) is 10.8 Å². The van der Waals surface area contributed by atoms with Crippen LogP contribution in [0.5, 0.6) is 0 Å². The summed E-state index contributed by atoms with van der Waals surface area (Å²) in [7, 11) is 0. The van der Waals surface area contributed by atoms with Gasteiger partial charge in [-0.3, -0.25) is 4.79 Å². The molecule has 4 nitrogen and oxygen atoms in total. The molecule has 0 unspecified atom stereocenters. The van der Waals surface area contributed by atoms with Gasteiger partial charge in [0.25, 0.3) is 5.91 Å². The minimum Gasteiger partial charge on any atom is -0.477 e. The third-order valence-corrected chi connectivity index (χ3v) is 5.10. The lowest BCUT2D eigenvalue weighted by Crippen LogP contribution is -2.12. The molecule has 0 spiro atoms. The molecule has 0 atom stereocenters. The third-order valence-electron chi connectivity index (χ3n) is 2.52. The number of aryl methyl sites for hydroxylation is 1. The fourth-order valence-corrected chi connectivity index (χ4v) is 3.45. The summed E-state index contributed by atoms with van der Waals surface area (Å²) in [5.74, 6) is -1.24. The molecule has 104 valence electrons. The monoisotopic (exact) mass is 465 g/mol. The van der Waals surface area contributed by atoms with Crippen LogP contribution in [0, 0.1) is 10.5 Å². The van der Waals surface area contributed by atoms with Crippen molar-refractivity contribution in [1.29, 1.82) is 0 Å². The molecule has 0 aliphatic carbocycles. The molecule has 0 aliphatic heterocycles. The van der Waals surface area contributed by atoms with Gasteiger partial charge in [-0.05, 0) is 59.3 Å². The number of nitrogens with one attached hydrogen (secondary N) is 1. The van der Waals surface area contributed by atoms with Gasteiger partial charge in [-0.25, -0.2) is 4.79 Å². The van der Waals surface area contributed by atoms with Crippen molar-refractivity contribution < 1.29 is 14.7 Å². The summed E-state index contributed by atoms with van der Waals surface area (Å²) >= 11 is 6.47. The zero-order valence-electron chi connectivity index (χ0n) is 10.2. The fraction of sp³-hybridized carbons (Fsp3) is 0.0769. The van der Waals surface area contributed by atoms with Crippen LogP contribution in [0.2, 0.25) is 0 Å². The molecule has 1 aromatic heterocycles. The average molecular weight is 466 g/mol. The zero-order valence-corrected chi connectivity index (χ0v) is 14.8. The summed E-state index contributed by atoms with van der Waals surface area (Å²) in [5.41, 5.74) is 1.18. The molecule has 0 radical (unpaired) electrons. The number of thiophene rings is 1. The fourth-order valence-electron chi connectivity index (χ4n) is 1.61. The van der Waals surface area contributed by atoms with Gasteiger partial charge in [-0.2, -0.15) is 0 Å². The largest absolute Gasteiger partial charge is 0.477 e. The number of carbonyl (C=O) groups excluding carboxylic acids is 1. The quantitative estimate of drug-likeness (QED) is 0.661. The summed E-state index contributed by atoms with van der Waals surface area (Å²) in [6, 6.07) is 7.09. The lowest BCUT2D eigenvalue weighted by molar-refractivity contribution is 0.0701. The minimum absolute atomic E-state index is 0.240. The Labute approximate surface area is 141 Å². The Hall–Kier alpha value is -0.930. The highest BCUT2D eigenvalue weighted by molar-refractivity contribution is 14.1. The van der Waals surface area contributed by atoms with Crippen molar-refractivity contribution >= 4 is 66.7 Å². The second-order valence-electron chi connectivity index (χ2n) is 4.01. The Kier molecular flexibility index (Phi) is 4.82. The van der Waals surface area contributed by atoms with E-state index in [1.807, 2.05) is 12.1 Å². The normalized spacial score (nSPS) is 10.3. The van der Waals surface area contributed by atoms with Crippen LogP contribution in [0.4, 0.5) is 5.00 Å². The van der Waals surface area contributed by atoms with Gasteiger partial charge in [0.1, 0.15) is 4.88 Å². The second-order valence-corrected chi connectivity index (χ2v) is 7.14. The Bertz CT molecular complexity index is 699. The van der Waals surface area contributed by atoms with Crippen molar-refractivity contribution in [3.63, 3.8) is 0 Å². The molecule has 1 aromatic carbocycles. The van der Waals surface area contributed by atoms with Gasteiger partial charge in [0.05, 0.1) is 10.6 Å². The lowest BCUT2D eigenvalue weighted by Gasteiger charge is -2.05. The number of carboxylic acid groups (broad SMARTS) is 1. The standard InChI is InChI=1S/C13H9BrINO3S/c1-6-4-10(20-11(6)13(18)19)16-12(17)8-5-7(14)2-3-9(8)15/h2-5H,1H3,(H,16,17)(H,18,19). The predicted molar refractivity (Wildman–Crippen MR) is 90.8 cm³/mol. The van der Waals surface area contributed by atoms with Crippen molar-refractivity contribution in [3.05, 3.63) is 48.3 Å². The molecular formula is C13H9BrINO3S. The Morgan fingerprint density at radius 3 is 2.65 bits per heavy atom. The van der Waals surface area contributed by atoms with Crippen molar-refractivity contribution in [2.24, 2.45) is 0 Å². The van der Waals surface area contributed by atoms with Crippen molar-refractivity contribution in [3.8, 4) is 0 Å². The molecule has 2 N–H and O–H groups in total. The van der Waals surface area contributed by atoms with E-state index in [1.165, 1.54) is 0 Å². The Morgan fingerprint density at radius 2 is 2.05 bits per heavy atom. The zero-order chi connectivity index (χ0) is 14.9. The first kappa shape index (κ1) is 15.5. The van der Waals surface area contributed by atoms with Crippen molar-refractivity contribution in [2.75, 3.05) is 5.32 Å². The van der Waals surface area contributed by atoms with Crippen molar-refractivity contribution in [2.45, 2.75) is 6.92 Å². The number of hydrogen-bond donors (Lipinski definition) is 2. The first-order valence-electron chi connectivity index (χ1n) is 5.48. The third kappa shape index (κ3) is 3.39. The molecule has 0 bridgehead atoms. The summed E-state index contributed by atoms with van der Waals surface area (Å²) in [4.78, 5) is 23.4. The van der Waals surface area contributed by atoms with Gasteiger partial charge in [0, 0.05) is 8.04 Å².